The average molecular weight is 346 g/mol. The van der Waals surface area contributed by atoms with E-state index in [1.54, 1.807) is 0 Å². The Kier molecular flexibility index (Phi) is 3.90. The normalized spacial score (nSPS) is 49.2. The fourth-order valence-electron chi connectivity index (χ4n) is 7.01. The maximum Gasteiger partial charge on any atom is 0.302 e. The van der Waals surface area contributed by atoms with E-state index in [0.29, 0.717) is 36.2 Å². The van der Waals surface area contributed by atoms with Crippen molar-refractivity contribution in [1.29, 1.82) is 0 Å². The summed E-state index contributed by atoms with van der Waals surface area (Å²) in [4.78, 5) is 36.9. The summed E-state index contributed by atoms with van der Waals surface area (Å²) < 4.78 is 5.46. The molecule has 0 aromatic rings. The Labute approximate surface area is 150 Å². The number of esters is 1. The summed E-state index contributed by atoms with van der Waals surface area (Å²) in [7, 11) is 0. The lowest BCUT2D eigenvalue weighted by molar-refractivity contribution is -0.166. The fraction of sp³-hybridized carbons (Fsp3) is 0.857. The average Bonchev–Trinajstić information content (AvgIpc) is 2.84. The van der Waals surface area contributed by atoms with E-state index in [9.17, 15) is 14.4 Å². The second-order valence-electron chi connectivity index (χ2n) is 9.54. The lowest BCUT2D eigenvalue weighted by atomic mass is 9.45. The van der Waals surface area contributed by atoms with Crippen molar-refractivity contribution in [1.82, 2.24) is 0 Å². The first-order chi connectivity index (χ1) is 11.8. The number of rotatable bonds is 1. The molecule has 4 saturated carbocycles. The molecule has 25 heavy (non-hydrogen) atoms. The van der Waals surface area contributed by atoms with Gasteiger partial charge >= 0.3 is 5.97 Å². The molecule has 7 atom stereocenters. The Morgan fingerprint density at radius 2 is 1.84 bits per heavy atom. The summed E-state index contributed by atoms with van der Waals surface area (Å²) in [5, 5.41) is 0. The molecule has 0 unspecified atom stereocenters. The highest BCUT2D eigenvalue weighted by Gasteiger charge is 2.62. The van der Waals surface area contributed by atoms with Crippen molar-refractivity contribution in [3.8, 4) is 0 Å². The highest BCUT2D eigenvalue weighted by molar-refractivity contribution is 5.90. The van der Waals surface area contributed by atoms with Gasteiger partial charge in [0.15, 0.2) is 0 Å². The molecule has 4 fully saturated rings. The van der Waals surface area contributed by atoms with Gasteiger partial charge in [-0.3, -0.25) is 14.4 Å². The first-order valence-electron chi connectivity index (χ1n) is 9.99. The molecule has 0 amide bonds. The number of Topliss-reactive ketones (excluding diaryl/α,β-unsaturated/α-hetero) is 2. The number of carbonyl (C=O) groups excluding carboxylic acids is 3. The Morgan fingerprint density at radius 1 is 1.08 bits per heavy atom. The Morgan fingerprint density at radius 3 is 2.56 bits per heavy atom. The van der Waals surface area contributed by atoms with Gasteiger partial charge in [0.05, 0.1) is 0 Å². The van der Waals surface area contributed by atoms with Gasteiger partial charge in [0.1, 0.15) is 17.7 Å². The van der Waals surface area contributed by atoms with Gasteiger partial charge in [-0.25, -0.2) is 0 Å². The molecule has 0 N–H and O–H groups in total. The molecule has 0 aromatic heterocycles. The van der Waals surface area contributed by atoms with Gasteiger partial charge in [-0.2, -0.15) is 0 Å². The van der Waals surface area contributed by atoms with Gasteiger partial charge in [0.2, 0.25) is 0 Å². The third-order valence-electron chi connectivity index (χ3n) is 8.46. The van der Waals surface area contributed by atoms with E-state index in [4.69, 9.17) is 4.74 Å². The minimum Gasteiger partial charge on any atom is -0.463 e. The number of fused-ring (bicyclic) bond motifs is 5. The minimum atomic E-state index is -0.255. The molecular formula is C21H30O4. The van der Waals surface area contributed by atoms with Gasteiger partial charge in [-0.15, -0.1) is 0 Å². The van der Waals surface area contributed by atoms with Crippen molar-refractivity contribution in [3.63, 3.8) is 0 Å². The molecule has 0 aromatic carbocycles. The maximum absolute atomic E-state index is 13.1. The van der Waals surface area contributed by atoms with E-state index in [1.807, 2.05) is 0 Å². The van der Waals surface area contributed by atoms with Crippen LogP contribution in [0.3, 0.4) is 0 Å². The van der Waals surface area contributed by atoms with Gasteiger partial charge in [-0.1, -0.05) is 13.8 Å². The van der Waals surface area contributed by atoms with Crippen molar-refractivity contribution in [2.45, 2.75) is 78.2 Å². The summed E-state index contributed by atoms with van der Waals surface area (Å²) in [5.41, 5.74) is -0.100. The molecule has 0 aliphatic heterocycles. The zero-order valence-corrected chi connectivity index (χ0v) is 15.7. The molecule has 0 spiro atoms. The molecule has 4 aliphatic rings. The summed E-state index contributed by atoms with van der Waals surface area (Å²) >= 11 is 0. The van der Waals surface area contributed by atoms with Crippen LogP contribution in [-0.4, -0.2) is 23.6 Å². The maximum atomic E-state index is 13.1. The third kappa shape index (κ3) is 2.43. The third-order valence-corrected chi connectivity index (χ3v) is 8.46. The molecule has 4 aliphatic carbocycles. The first kappa shape index (κ1) is 17.2. The summed E-state index contributed by atoms with van der Waals surface area (Å²) in [6.07, 6.45) is 6.85. The molecule has 4 nitrogen and oxygen atoms in total. The van der Waals surface area contributed by atoms with Crippen LogP contribution >= 0.6 is 0 Å². The Balaban J connectivity index is 1.60. The molecule has 4 heteroatoms. The number of hydrogen-bond acceptors (Lipinski definition) is 4. The van der Waals surface area contributed by atoms with E-state index in [2.05, 4.69) is 13.8 Å². The predicted octanol–water partition coefficient (Wildman–Crippen LogP) is 3.71. The molecule has 0 bridgehead atoms. The smallest absolute Gasteiger partial charge is 0.302 e. The van der Waals surface area contributed by atoms with E-state index in [0.717, 1.165) is 38.5 Å². The monoisotopic (exact) mass is 346 g/mol. The van der Waals surface area contributed by atoms with Gasteiger partial charge < -0.3 is 4.74 Å². The van der Waals surface area contributed by atoms with E-state index < -0.39 is 0 Å². The fourth-order valence-corrected chi connectivity index (χ4v) is 7.01. The van der Waals surface area contributed by atoms with Crippen LogP contribution in [-0.2, 0) is 19.1 Å². The van der Waals surface area contributed by atoms with Crippen molar-refractivity contribution in [2.75, 3.05) is 0 Å². The van der Waals surface area contributed by atoms with Crippen LogP contribution in [0.4, 0.5) is 0 Å². The Hall–Kier alpha value is -1.19. The van der Waals surface area contributed by atoms with Crippen molar-refractivity contribution in [3.05, 3.63) is 0 Å². The molecule has 4 rings (SSSR count). The number of ether oxygens (including phenoxy) is 1. The standard InChI is InChI=1S/C21H30O4/c1-12(22)25-14-6-8-20(2)13(10-14)11-17(23)19-15-4-5-18(24)21(15,3)9-7-16(19)20/h13-16,19H,4-11H2,1-3H3/t13-,14-,15+,16-,19-,20+,21+/m1/s1. The number of ketones is 2. The van der Waals surface area contributed by atoms with Crippen LogP contribution in [0.15, 0.2) is 0 Å². The van der Waals surface area contributed by atoms with Crippen LogP contribution in [0.1, 0.15) is 72.1 Å². The molecular weight excluding hydrogens is 316 g/mol. The van der Waals surface area contributed by atoms with E-state index in [-0.39, 0.29) is 34.7 Å². The summed E-state index contributed by atoms with van der Waals surface area (Å²) in [6, 6.07) is 0. The lowest BCUT2D eigenvalue weighted by Crippen LogP contribution is -2.57. The predicted molar refractivity (Wildman–Crippen MR) is 92.7 cm³/mol. The molecule has 138 valence electrons. The number of hydrogen-bond donors (Lipinski definition) is 0. The largest absolute Gasteiger partial charge is 0.463 e. The van der Waals surface area contributed by atoms with Crippen LogP contribution in [0.25, 0.3) is 0 Å². The van der Waals surface area contributed by atoms with Crippen LogP contribution in [0.2, 0.25) is 0 Å². The van der Waals surface area contributed by atoms with E-state index in [1.165, 1.54) is 6.92 Å². The van der Waals surface area contributed by atoms with Crippen molar-refractivity contribution >= 4 is 17.5 Å². The highest BCUT2D eigenvalue weighted by Crippen LogP contribution is 2.64. The van der Waals surface area contributed by atoms with E-state index >= 15 is 0 Å². The van der Waals surface area contributed by atoms with Gasteiger partial charge in [0, 0.05) is 31.1 Å². The second-order valence-corrected chi connectivity index (χ2v) is 9.54. The van der Waals surface area contributed by atoms with Crippen LogP contribution in [0, 0.1) is 34.5 Å². The van der Waals surface area contributed by atoms with Crippen molar-refractivity contribution in [2.24, 2.45) is 34.5 Å². The molecule has 0 heterocycles. The quantitative estimate of drug-likeness (QED) is 0.679. The topological polar surface area (TPSA) is 60.4 Å². The summed E-state index contributed by atoms with van der Waals surface area (Å²) in [5.74, 6) is 1.61. The number of carbonyl (C=O) groups is 3. The highest BCUT2D eigenvalue weighted by atomic mass is 16.5. The zero-order valence-electron chi connectivity index (χ0n) is 15.7. The Bertz CT molecular complexity index is 625. The molecule has 0 radical (unpaired) electrons. The SMILES string of the molecule is CC(=O)O[C@@H]1CC[C@@]2(C)[C@@H](CC(=O)[C@H]3[C@H]2CC[C@]2(C)C(=O)CC[C@@H]32)C1. The second kappa shape index (κ2) is 5.65. The lowest BCUT2D eigenvalue weighted by Gasteiger charge is -2.59. The molecule has 0 saturated heterocycles. The van der Waals surface area contributed by atoms with Gasteiger partial charge in [0.25, 0.3) is 0 Å². The zero-order chi connectivity index (χ0) is 18.0. The minimum absolute atomic E-state index is 0.0261. The summed E-state index contributed by atoms with van der Waals surface area (Å²) in [6.45, 7) is 5.95. The first-order valence-corrected chi connectivity index (χ1v) is 9.99. The van der Waals surface area contributed by atoms with Crippen LogP contribution < -0.4 is 0 Å². The van der Waals surface area contributed by atoms with Crippen LogP contribution in [0.5, 0.6) is 0 Å². The van der Waals surface area contributed by atoms with Crippen molar-refractivity contribution < 1.29 is 19.1 Å². The van der Waals surface area contributed by atoms with Gasteiger partial charge in [-0.05, 0) is 61.7 Å².